The molecule has 0 heterocycles. The maximum atomic E-state index is 4.94. The zero-order chi connectivity index (χ0) is 9.28. The van der Waals surface area contributed by atoms with Crippen LogP contribution in [0, 0.1) is 12.8 Å². The molecule has 0 aromatic carbocycles. The Hall–Kier alpha value is 1.40. The molecule has 0 rings (SSSR count). The molecule has 0 spiro atoms. The van der Waals surface area contributed by atoms with E-state index in [1.807, 2.05) is 0 Å². The van der Waals surface area contributed by atoms with E-state index in [9.17, 15) is 0 Å². The molecule has 0 aromatic rings. The fourth-order valence-electron chi connectivity index (χ4n) is 0.637. The second kappa shape index (κ2) is 11.4. The molecule has 4 heteroatoms. The molecular weight excluding hydrogens is 217 g/mol. The molecule has 1 atom stereocenters. The van der Waals surface area contributed by atoms with Crippen molar-refractivity contribution in [2.75, 3.05) is 0 Å². The number of hydrogen-bond acceptors (Lipinski definition) is 0. The Kier molecular flexibility index (Phi) is 15.4. The first-order chi connectivity index (χ1) is 5.04. The fourth-order valence-corrected chi connectivity index (χ4v) is 0.637. The zero-order valence-corrected chi connectivity index (χ0v) is 10.5. The van der Waals surface area contributed by atoms with Crippen LogP contribution in [-0.4, -0.2) is 11.4 Å². The van der Waals surface area contributed by atoms with Crippen LogP contribution in [-0.2, 0) is 0 Å². The van der Waals surface area contributed by atoms with E-state index < -0.39 is 11.4 Å². The molecule has 1 unspecified atom stereocenters. The maximum absolute atomic E-state index is 4.94. The van der Waals surface area contributed by atoms with Crippen LogP contribution in [0.5, 0.6) is 0 Å². The van der Waals surface area contributed by atoms with Crippen LogP contribution in [0.15, 0.2) is 0 Å². The van der Waals surface area contributed by atoms with Crippen LogP contribution in [0.25, 0.3) is 0 Å². The van der Waals surface area contributed by atoms with Gasteiger partial charge in [0.25, 0.3) is 0 Å². The van der Waals surface area contributed by atoms with Gasteiger partial charge in [-0.15, -0.1) is 0 Å². The highest BCUT2D eigenvalue weighted by Gasteiger charge is 2.00. The summed E-state index contributed by atoms with van der Waals surface area (Å²) >= 11 is -1.72. The van der Waals surface area contributed by atoms with Gasteiger partial charge in [0.1, 0.15) is 0 Å². The van der Waals surface area contributed by atoms with Gasteiger partial charge in [-0.05, 0) is 5.92 Å². The Morgan fingerprint density at radius 2 is 1.73 bits per heavy atom. The molecule has 0 fully saturated rings. The normalized spacial score (nSPS) is 11.5. The van der Waals surface area contributed by atoms with E-state index in [-0.39, 0.29) is 0 Å². The van der Waals surface area contributed by atoms with E-state index in [4.69, 9.17) is 30.1 Å². The van der Waals surface area contributed by atoms with Gasteiger partial charge in [-0.1, -0.05) is 40.0 Å². The molecule has 0 nitrogen and oxygen atoms in total. The summed E-state index contributed by atoms with van der Waals surface area (Å²) in [6.07, 6.45) is 3.73. The third-order valence-electron chi connectivity index (χ3n) is 1.27. The molecule has 0 amide bonds. The highest BCUT2D eigenvalue weighted by molar-refractivity contribution is 7.54. The minimum absolute atomic E-state index is 0.838. The first-order valence-corrected chi connectivity index (χ1v) is 8.99. The van der Waals surface area contributed by atoms with Gasteiger partial charge in [-0.2, -0.15) is 0 Å². The summed E-state index contributed by atoms with van der Waals surface area (Å²) in [4.78, 5) is 0. The number of hydrogen-bond donors (Lipinski definition) is 0. The topological polar surface area (TPSA) is 0 Å². The summed E-state index contributed by atoms with van der Waals surface area (Å²) in [5.41, 5.74) is 0. The summed E-state index contributed by atoms with van der Waals surface area (Å²) in [6.45, 7) is 8.27. The molecule has 11 heavy (non-hydrogen) atoms. The smallest absolute Gasteiger partial charge is 0.214 e. The van der Waals surface area contributed by atoms with Gasteiger partial charge in [-0.25, -0.2) is 30.1 Å². The highest BCUT2D eigenvalue weighted by Crippen LogP contribution is 2.07. The van der Waals surface area contributed by atoms with Crippen LogP contribution >= 0.6 is 30.1 Å². The summed E-state index contributed by atoms with van der Waals surface area (Å²) in [5, 5.41) is 0. The Morgan fingerprint density at radius 3 is 1.82 bits per heavy atom. The van der Waals surface area contributed by atoms with Gasteiger partial charge in [0.05, 0.1) is 0 Å². The van der Waals surface area contributed by atoms with Gasteiger partial charge < -0.3 is 0 Å². The molecule has 0 aliphatic carbocycles. The van der Waals surface area contributed by atoms with Gasteiger partial charge in [0.15, 0.2) is 0 Å². The lowest BCUT2D eigenvalue weighted by atomic mass is 10.0. The lowest BCUT2D eigenvalue weighted by Crippen LogP contribution is -1.88. The summed E-state index contributed by atoms with van der Waals surface area (Å²) in [6, 6.07) is 0. The van der Waals surface area contributed by atoms with E-state index >= 15 is 0 Å². The van der Waals surface area contributed by atoms with Crippen molar-refractivity contribution in [3.63, 3.8) is 0 Å². The molecule has 0 aliphatic heterocycles. The lowest BCUT2D eigenvalue weighted by molar-refractivity contribution is 0.530. The van der Waals surface area contributed by atoms with E-state index in [0.717, 1.165) is 12.3 Å². The third-order valence-corrected chi connectivity index (χ3v) is 1.27. The molecule has 0 aliphatic rings. The summed E-state index contributed by atoms with van der Waals surface area (Å²) < 4.78 is 0. The molecule has 0 aromatic heterocycles. The minimum Gasteiger partial charge on any atom is -0.214 e. The Bertz CT molecular complexity index is 66.0. The third kappa shape index (κ3) is 24.6. The summed E-state index contributed by atoms with van der Waals surface area (Å²) in [5.74, 6) is 0.838. The standard InChI is InChI=1S/C7H15.Al.3ClH/c1-4-6-7(3)5-2;;;;/h7H,2,4-6H2,1,3H3;;3*1H/q;+3;;;/p-3. The van der Waals surface area contributed by atoms with Crippen molar-refractivity contribution in [1.29, 1.82) is 0 Å². The second-order valence-corrected chi connectivity index (χ2v) is 8.86. The minimum atomic E-state index is -1.72. The first kappa shape index (κ1) is 14.9. The fraction of sp³-hybridized carbons (Fsp3) is 0.857. The highest BCUT2D eigenvalue weighted by atomic mass is 35.8. The average Bonchev–Trinajstić information content (AvgIpc) is 1.87. The van der Waals surface area contributed by atoms with Crippen molar-refractivity contribution < 1.29 is 0 Å². The van der Waals surface area contributed by atoms with Crippen molar-refractivity contribution in [3.8, 4) is 0 Å². The quantitative estimate of drug-likeness (QED) is 0.635. The van der Waals surface area contributed by atoms with E-state index in [1.54, 1.807) is 0 Å². The van der Waals surface area contributed by atoms with E-state index in [1.165, 1.54) is 12.8 Å². The van der Waals surface area contributed by atoms with Crippen molar-refractivity contribution in [1.82, 2.24) is 0 Å². The van der Waals surface area contributed by atoms with Crippen molar-refractivity contribution in [2.24, 2.45) is 5.92 Å². The maximum Gasteiger partial charge on any atom is 0.643 e. The van der Waals surface area contributed by atoms with Crippen LogP contribution in [0.1, 0.15) is 33.1 Å². The number of halogens is 3. The average molecular weight is 233 g/mol. The lowest BCUT2D eigenvalue weighted by Gasteiger charge is -2.02. The zero-order valence-electron chi connectivity index (χ0n) is 7.12. The molecule has 0 bridgehead atoms. The second-order valence-electron chi connectivity index (χ2n) is 2.43. The van der Waals surface area contributed by atoms with Gasteiger partial charge >= 0.3 is 11.4 Å². The molecule has 0 N–H and O–H groups in total. The van der Waals surface area contributed by atoms with Crippen molar-refractivity contribution >= 4 is 41.5 Å². The largest absolute Gasteiger partial charge is 0.643 e. The van der Waals surface area contributed by atoms with Crippen LogP contribution < -0.4 is 0 Å². The molecular formula is C7H15AlCl3. The predicted molar refractivity (Wildman–Crippen MR) is 57.4 cm³/mol. The molecule has 0 saturated carbocycles. The van der Waals surface area contributed by atoms with Gasteiger partial charge in [0, 0.05) is 0 Å². The summed E-state index contributed by atoms with van der Waals surface area (Å²) in [7, 11) is 14.8. The van der Waals surface area contributed by atoms with Crippen LogP contribution in [0.3, 0.4) is 0 Å². The predicted octanol–water partition coefficient (Wildman–Crippen LogP) is 4.33. The van der Waals surface area contributed by atoms with Crippen molar-refractivity contribution in [2.45, 2.75) is 33.1 Å². The van der Waals surface area contributed by atoms with E-state index in [2.05, 4.69) is 20.8 Å². The monoisotopic (exact) mass is 231 g/mol. The number of rotatable bonds is 3. The Balaban J connectivity index is 0. The Morgan fingerprint density at radius 1 is 1.36 bits per heavy atom. The van der Waals surface area contributed by atoms with Crippen LogP contribution in [0.4, 0.5) is 0 Å². The van der Waals surface area contributed by atoms with Crippen LogP contribution in [0.2, 0.25) is 0 Å². The molecule has 67 valence electrons. The van der Waals surface area contributed by atoms with Crippen molar-refractivity contribution in [3.05, 3.63) is 6.92 Å². The first-order valence-electron chi connectivity index (χ1n) is 3.76. The van der Waals surface area contributed by atoms with Gasteiger partial charge in [-0.3, -0.25) is 0 Å². The van der Waals surface area contributed by atoms with E-state index in [0.29, 0.717) is 0 Å². The Labute approximate surface area is 87.2 Å². The molecule has 0 saturated heterocycles. The van der Waals surface area contributed by atoms with Gasteiger partial charge in [0.2, 0.25) is 0 Å². The SMILES string of the molecule is [CH2]CC(C)CCC.[Cl][Al]([Cl])[Cl]. The molecule has 1 radical (unpaired) electrons.